The van der Waals surface area contributed by atoms with Gasteiger partial charge in [-0.2, -0.15) is 0 Å². The van der Waals surface area contributed by atoms with E-state index in [0.29, 0.717) is 0 Å². The van der Waals surface area contributed by atoms with E-state index in [2.05, 4.69) is 24.5 Å². The van der Waals surface area contributed by atoms with Crippen molar-refractivity contribution in [3.63, 3.8) is 0 Å². The molecule has 0 bridgehead atoms. The molecule has 1 heteroatoms. The fourth-order valence-electron chi connectivity index (χ4n) is 0.735. The molecule has 0 spiro atoms. The van der Waals surface area contributed by atoms with E-state index in [4.69, 9.17) is 0 Å². The Morgan fingerprint density at radius 2 is 1.91 bits per heavy atom. The van der Waals surface area contributed by atoms with Crippen molar-refractivity contribution in [1.29, 1.82) is 0 Å². The van der Waals surface area contributed by atoms with Gasteiger partial charge in [0, 0.05) is 16.9 Å². The van der Waals surface area contributed by atoms with Crippen LogP contribution in [0, 0.1) is 11.8 Å². The summed E-state index contributed by atoms with van der Waals surface area (Å²) in [7, 11) is 0. The second kappa shape index (κ2) is 4.10. The van der Waals surface area contributed by atoms with Gasteiger partial charge in [0.25, 0.3) is 0 Å². The lowest BCUT2D eigenvalue weighted by Gasteiger charge is -1.89. The second-order valence-corrected chi connectivity index (χ2v) is 2.72. The minimum absolute atomic E-state index is 0.905. The first-order valence-electron chi connectivity index (χ1n) is 3.61. The molecular weight excluding hydrogens is 152 g/mol. The first kappa shape index (κ1) is 8.23. The maximum absolute atomic E-state index is 4.17. The number of rotatable bonds is 0. The summed E-state index contributed by atoms with van der Waals surface area (Å²) in [6.45, 7) is 2.04. The summed E-state index contributed by atoms with van der Waals surface area (Å²) < 4.78 is 0. The summed E-state index contributed by atoms with van der Waals surface area (Å²) in [5.41, 5.74) is 1.06. The van der Waals surface area contributed by atoms with Gasteiger partial charge in [0.05, 0.1) is 0 Å². The Morgan fingerprint density at radius 1 is 1.27 bits per heavy atom. The number of hydrogen-bond acceptors (Lipinski definition) is 1. The maximum atomic E-state index is 4.17. The highest BCUT2D eigenvalue weighted by Crippen LogP contribution is 2.06. The standard InChI is InChI=1S/C10H10S/c1-2-3-4-9-5-7-10(11)8-6-9/h5-8,11H,2H2,1H3. The van der Waals surface area contributed by atoms with Crippen molar-refractivity contribution in [2.75, 3.05) is 0 Å². The minimum atomic E-state index is 0.905. The van der Waals surface area contributed by atoms with Crippen LogP contribution in [0.2, 0.25) is 0 Å². The summed E-state index contributed by atoms with van der Waals surface area (Å²) in [5, 5.41) is 0. The Morgan fingerprint density at radius 3 is 2.45 bits per heavy atom. The molecule has 1 rings (SSSR count). The van der Waals surface area contributed by atoms with Gasteiger partial charge in [-0.05, 0) is 24.3 Å². The molecule has 0 aliphatic heterocycles. The predicted octanol–water partition coefficient (Wildman–Crippen LogP) is 2.74. The van der Waals surface area contributed by atoms with Crippen LogP contribution in [0.5, 0.6) is 0 Å². The van der Waals surface area contributed by atoms with Gasteiger partial charge in [-0.3, -0.25) is 0 Å². The topological polar surface area (TPSA) is 0 Å². The molecule has 11 heavy (non-hydrogen) atoms. The third kappa shape index (κ3) is 2.69. The number of thiol groups is 1. The van der Waals surface area contributed by atoms with Crippen molar-refractivity contribution < 1.29 is 0 Å². The molecule has 0 aliphatic carbocycles. The van der Waals surface area contributed by atoms with Gasteiger partial charge in [0.2, 0.25) is 0 Å². The highest BCUT2D eigenvalue weighted by atomic mass is 32.1. The zero-order valence-corrected chi connectivity index (χ0v) is 7.36. The van der Waals surface area contributed by atoms with Gasteiger partial charge in [-0.1, -0.05) is 18.8 Å². The van der Waals surface area contributed by atoms with Crippen molar-refractivity contribution in [2.24, 2.45) is 0 Å². The Hall–Kier alpha value is -0.870. The van der Waals surface area contributed by atoms with Crippen LogP contribution < -0.4 is 0 Å². The van der Waals surface area contributed by atoms with Crippen LogP contribution in [0.1, 0.15) is 18.9 Å². The smallest absolute Gasteiger partial charge is 0.0246 e. The number of benzene rings is 1. The van der Waals surface area contributed by atoms with Crippen LogP contribution in [-0.4, -0.2) is 0 Å². The van der Waals surface area contributed by atoms with Crippen molar-refractivity contribution in [2.45, 2.75) is 18.2 Å². The van der Waals surface area contributed by atoms with Crippen molar-refractivity contribution in [3.05, 3.63) is 29.8 Å². The van der Waals surface area contributed by atoms with Crippen LogP contribution >= 0.6 is 12.6 Å². The van der Waals surface area contributed by atoms with Crippen LogP contribution in [0.15, 0.2) is 29.2 Å². The fraction of sp³-hybridized carbons (Fsp3) is 0.200. The average molecular weight is 162 g/mol. The summed E-state index contributed by atoms with van der Waals surface area (Å²) in [6.07, 6.45) is 0.905. The SMILES string of the molecule is CCC#Cc1ccc(S)cc1. The fourth-order valence-corrected chi connectivity index (χ4v) is 0.884. The van der Waals surface area contributed by atoms with Gasteiger partial charge in [0.15, 0.2) is 0 Å². The van der Waals surface area contributed by atoms with E-state index in [9.17, 15) is 0 Å². The van der Waals surface area contributed by atoms with Gasteiger partial charge < -0.3 is 0 Å². The van der Waals surface area contributed by atoms with E-state index < -0.39 is 0 Å². The molecule has 0 atom stereocenters. The van der Waals surface area contributed by atoms with E-state index in [1.165, 1.54) is 0 Å². The van der Waals surface area contributed by atoms with Crippen molar-refractivity contribution in [1.82, 2.24) is 0 Å². The second-order valence-electron chi connectivity index (χ2n) is 2.20. The first-order valence-corrected chi connectivity index (χ1v) is 4.05. The van der Waals surface area contributed by atoms with Crippen LogP contribution in [-0.2, 0) is 0 Å². The minimum Gasteiger partial charge on any atom is -0.143 e. The molecule has 0 amide bonds. The first-order chi connectivity index (χ1) is 5.33. The van der Waals surface area contributed by atoms with E-state index in [1.807, 2.05) is 31.2 Å². The third-order valence-electron chi connectivity index (χ3n) is 1.28. The molecule has 0 saturated heterocycles. The molecule has 0 nitrogen and oxygen atoms in total. The quantitative estimate of drug-likeness (QED) is 0.440. The molecule has 0 heterocycles. The molecule has 0 radical (unpaired) electrons. The van der Waals surface area contributed by atoms with Gasteiger partial charge >= 0.3 is 0 Å². The lowest BCUT2D eigenvalue weighted by Crippen LogP contribution is -1.71. The normalized spacial score (nSPS) is 8.55. The molecule has 0 N–H and O–H groups in total. The third-order valence-corrected chi connectivity index (χ3v) is 1.57. The lowest BCUT2D eigenvalue weighted by atomic mass is 10.2. The molecule has 1 aromatic rings. The van der Waals surface area contributed by atoms with Gasteiger partial charge in [-0.25, -0.2) is 0 Å². The van der Waals surface area contributed by atoms with E-state index >= 15 is 0 Å². The molecule has 0 fully saturated rings. The summed E-state index contributed by atoms with van der Waals surface area (Å²) in [4.78, 5) is 0.979. The average Bonchev–Trinajstić information content (AvgIpc) is 2.04. The summed E-state index contributed by atoms with van der Waals surface area (Å²) >= 11 is 4.17. The van der Waals surface area contributed by atoms with Crippen LogP contribution in [0.4, 0.5) is 0 Å². The largest absolute Gasteiger partial charge is 0.143 e. The monoisotopic (exact) mass is 162 g/mol. The van der Waals surface area contributed by atoms with Gasteiger partial charge in [-0.15, -0.1) is 12.6 Å². The zero-order valence-electron chi connectivity index (χ0n) is 6.46. The lowest BCUT2D eigenvalue weighted by molar-refractivity contribution is 1.28. The molecule has 1 aromatic carbocycles. The zero-order chi connectivity index (χ0) is 8.10. The predicted molar refractivity (Wildman–Crippen MR) is 50.9 cm³/mol. The molecular formula is C10H10S. The van der Waals surface area contributed by atoms with E-state index in [1.54, 1.807) is 0 Å². The molecule has 0 unspecified atom stereocenters. The Bertz CT molecular complexity index is 274. The molecule has 0 aliphatic rings. The van der Waals surface area contributed by atoms with E-state index in [0.717, 1.165) is 16.9 Å². The van der Waals surface area contributed by atoms with E-state index in [-0.39, 0.29) is 0 Å². The summed E-state index contributed by atoms with van der Waals surface area (Å²) in [5.74, 6) is 6.05. The number of hydrogen-bond donors (Lipinski definition) is 1. The van der Waals surface area contributed by atoms with Crippen molar-refractivity contribution in [3.8, 4) is 11.8 Å². The van der Waals surface area contributed by atoms with Crippen LogP contribution in [0.25, 0.3) is 0 Å². The summed E-state index contributed by atoms with van der Waals surface area (Å²) in [6, 6.07) is 7.85. The Balaban J connectivity index is 2.82. The highest BCUT2D eigenvalue weighted by molar-refractivity contribution is 7.80. The molecule has 56 valence electrons. The van der Waals surface area contributed by atoms with Crippen molar-refractivity contribution >= 4 is 12.6 Å². The Kier molecular flexibility index (Phi) is 3.07. The molecule has 0 aromatic heterocycles. The highest BCUT2D eigenvalue weighted by Gasteiger charge is 1.84. The van der Waals surface area contributed by atoms with Crippen LogP contribution in [0.3, 0.4) is 0 Å². The molecule has 0 saturated carbocycles. The Labute approximate surface area is 73.0 Å². The van der Waals surface area contributed by atoms with Gasteiger partial charge in [0.1, 0.15) is 0 Å². The maximum Gasteiger partial charge on any atom is 0.0246 e.